The number of ether oxygens (including phenoxy) is 1. The minimum Gasteiger partial charge on any atom is -0.492 e. The Kier molecular flexibility index (Phi) is 7.43. The Morgan fingerprint density at radius 1 is 1.04 bits per heavy atom. The van der Waals surface area contributed by atoms with Crippen molar-refractivity contribution in [3.63, 3.8) is 0 Å². The summed E-state index contributed by atoms with van der Waals surface area (Å²) in [4.78, 5) is 16.5. The summed E-state index contributed by atoms with van der Waals surface area (Å²) in [6.07, 6.45) is 0.836. The maximum absolute atomic E-state index is 12.1. The van der Waals surface area contributed by atoms with Gasteiger partial charge in [0.2, 0.25) is 5.91 Å². The number of nitrogens with one attached hydrogen (secondary N) is 1. The number of aromatic nitrogens is 1. The average molecular weight is 476 g/mol. The largest absolute Gasteiger partial charge is 0.492 e. The second kappa shape index (κ2) is 9.81. The van der Waals surface area contributed by atoms with Crippen molar-refractivity contribution in [2.45, 2.75) is 12.8 Å². The predicted molar refractivity (Wildman–Crippen MR) is 117 cm³/mol. The smallest absolute Gasteiger partial charge is 0.226 e. The number of hydrogen-bond donors (Lipinski definition) is 1. The zero-order valence-corrected chi connectivity index (χ0v) is 18.2. The van der Waals surface area contributed by atoms with Crippen LogP contribution in [0.3, 0.4) is 0 Å². The topological polar surface area (TPSA) is 51.2 Å². The molecule has 3 aromatic rings. The Hall–Kier alpha value is -1.50. The fourth-order valence-corrected chi connectivity index (χ4v) is 3.81. The molecule has 3 rings (SSSR count). The molecule has 9 heteroatoms. The molecule has 0 aliphatic carbocycles. The van der Waals surface area contributed by atoms with Gasteiger partial charge in [-0.3, -0.25) is 4.79 Å². The number of halogens is 4. The van der Waals surface area contributed by atoms with E-state index in [0.29, 0.717) is 50.4 Å². The summed E-state index contributed by atoms with van der Waals surface area (Å²) >= 11 is 25.2. The number of nitrogens with zero attached hydrogens (tertiary/aromatic N) is 1. The monoisotopic (exact) mass is 474 g/mol. The summed E-state index contributed by atoms with van der Waals surface area (Å²) in [7, 11) is 0. The van der Waals surface area contributed by atoms with Crippen LogP contribution in [-0.4, -0.2) is 17.5 Å². The van der Waals surface area contributed by atoms with Crippen molar-refractivity contribution >= 4 is 68.8 Å². The van der Waals surface area contributed by atoms with Gasteiger partial charge in [-0.1, -0.05) is 52.5 Å². The van der Waals surface area contributed by atoms with Gasteiger partial charge in [0.15, 0.2) is 5.13 Å². The van der Waals surface area contributed by atoms with E-state index in [9.17, 15) is 4.79 Å². The summed E-state index contributed by atoms with van der Waals surface area (Å²) in [5.74, 6) is 0.401. The van der Waals surface area contributed by atoms with Crippen molar-refractivity contribution in [3.05, 3.63) is 61.9 Å². The molecule has 0 saturated carbocycles. The molecule has 1 amide bonds. The van der Waals surface area contributed by atoms with E-state index in [2.05, 4.69) is 10.3 Å². The van der Waals surface area contributed by atoms with E-state index < -0.39 is 0 Å². The van der Waals surface area contributed by atoms with Gasteiger partial charge in [-0.15, -0.1) is 11.3 Å². The zero-order valence-electron chi connectivity index (χ0n) is 14.3. The molecular formula is C19H14Cl4N2O2S. The van der Waals surface area contributed by atoms with Crippen molar-refractivity contribution in [1.82, 2.24) is 4.98 Å². The van der Waals surface area contributed by atoms with E-state index >= 15 is 0 Å². The lowest BCUT2D eigenvalue weighted by molar-refractivity contribution is -0.116. The standard InChI is InChI=1S/C19H14Cl4N2O2S/c20-12-4-6-17(15(23)9-12)27-7-1-2-18(26)25-19-24-16(10-28-19)11-3-5-13(21)14(22)8-11/h3-6,8-10H,1-2,7H2,(H,24,25,26). The van der Waals surface area contributed by atoms with E-state index in [-0.39, 0.29) is 5.91 Å². The van der Waals surface area contributed by atoms with E-state index in [1.165, 1.54) is 11.3 Å². The van der Waals surface area contributed by atoms with Gasteiger partial charge in [-0.05, 0) is 36.8 Å². The number of rotatable bonds is 7. The molecule has 1 N–H and O–H groups in total. The maximum atomic E-state index is 12.1. The number of benzene rings is 2. The molecule has 2 aromatic carbocycles. The molecule has 0 unspecified atom stereocenters. The van der Waals surface area contributed by atoms with E-state index in [4.69, 9.17) is 51.1 Å². The normalized spacial score (nSPS) is 10.7. The Labute approximate surface area is 186 Å². The van der Waals surface area contributed by atoms with Gasteiger partial charge in [0.1, 0.15) is 5.75 Å². The van der Waals surface area contributed by atoms with Crippen molar-refractivity contribution in [3.8, 4) is 17.0 Å². The maximum Gasteiger partial charge on any atom is 0.226 e. The highest BCUT2D eigenvalue weighted by Gasteiger charge is 2.10. The highest BCUT2D eigenvalue weighted by Crippen LogP contribution is 2.31. The number of anilines is 1. The summed E-state index contributed by atoms with van der Waals surface area (Å²) in [6.45, 7) is 0.362. The van der Waals surface area contributed by atoms with E-state index in [1.54, 1.807) is 30.3 Å². The lowest BCUT2D eigenvalue weighted by atomic mass is 10.2. The molecule has 0 saturated heterocycles. The summed E-state index contributed by atoms with van der Waals surface area (Å²) in [5.41, 5.74) is 1.55. The molecule has 0 bridgehead atoms. The fraction of sp³-hybridized carbons (Fsp3) is 0.158. The molecule has 1 heterocycles. The predicted octanol–water partition coefficient (Wildman–Crippen LogP) is 7.22. The van der Waals surface area contributed by atoms with Crippen molar-refractivity contribution in [1.29, 1.82) is 0 Å². The van der Waals surface area contributed by atoms with Gasteiger partial charge in [-0.2, -0.15) is 0 Å². The minimum absolute atomic E-state index is 0.138. The molecule has 0 atom stereocenters. The van der Waals surface area contributed by atoms with Crippen LogP contribution in [0.4, 0.5) is 5.13 Å². The van der Waals surface area contributed by atoms with Crippen LogP contribution in [0.1, 0.15) is 12.8 Å². The van der Waals surface area contributed by atoms with Gasteiger partial charge >= 0.3 is 0 Å². The third kappa shape index (κ3) is 5.75. The molecule has 0 spiro atoms. The summed E-state index contributed by atoms with van der Waals surface area (Å²) < 4.78 is 5.57. The second-order valence-corrected chi connectivity index (χ2v) is 8.26. The minimum atomic E-state index is -0.138. The summed E-state index contributed by atoms with van der Waals surface area (Å²) in [6, 6.07) is 10.3. The molecule has 0 radical (unpaired) electrons. The van der Waals surface area contributed by atoms with E-state index in [0.717, 1.165) is 11.3 Å². The van der Waals surface area contributed by atoms with Crippen LogP contribution in [0, 0.1) is 0 Å². The van der Waals surface area contributed by atoms with Crippen molar-refractivity contribution < 1.29 is 9.53 Å². The van der Waals surface area contributed by atoms with Crippen LogP contribution in [0.25, 0.3) is 11.3 Å². The van der Waals surface area contributed by atoms with Gasteiger partial charge in [0.25, 0.3) is 0 Å². The SMILES string of the molecule is O=C(CCCOc1ccc(Cl)cc1Cl)Nc1nc(-c2ccc(Cl)c(Cl)c2)cs1. The van der Waals surface area contributed by atoms with E-state index in [1.807, 2.05) is 11.4 Å². The number of amides is 1. The van der Waals surface area contributed by atoms with Crippen LogP contribution in [-0.2, 0) is 4.79 Å². The second-order valence-electron chi connectivity index (χ2n) is 5.74. The molecule has 4 nitrogen and oxygen atoms in total. The number of carbonyl (C=O) groups is 1. The fourth-order valence-electron chi connectivity index (χ4n) is 2.31. The molecule has 0 aliphatic heterocycles. The molecular weight excluding hydrogens is 462 g/mol. The van der Waals surface area contributed by atoms with Crippen molar-refractivity contribution in [2.75, 3.05) is 11.9 Å². The summed E-state index contributed by atoms with van der Waals surface area (Å²) in [5, 5.41) is 7.08. The quantitative estimate of drug-likeness (QED) is 0.367. The van der Waals surface area contributed by atoms with Crippen LogP contribution < -0.4 is 10.1 Å². The van der Waals surface area contributed by atoms with Crippen LogP contribution >= 0.6 is 57.7 Å². The van der Waals surface area contributed by atoms with Crippen LogP contribution in [0.5, 0.6) is 5.75 Å². The highest BCUT2D eigenvalue weighted by molar-refractivity contribution is 7.14. The first kappa shape index (κ1) is 21.2. The molecule has 0 aliphatic rings. The third-order valence-electron chi connectivity index (χ3n) is 3.67. The lowest BCUT2D eigenvalue weighted by Crippen LogP contribution is -2.12. The lowest BCUT2D eigenvalue weighted by Gasteiger charge is -2.08. The highest BCUT2D eigenvalue weighted by atomic mass is 35.5. The number of hydrogen-bond acceptors (Lipinski definition) is 4. The first-order valence-corrected chi connectivity index (χ1v) is 10.6. The Morgan fingerprint density at radius 2 is 1.86 bits per heavy atom. The zero-order chi connectivity index (χ0) is 20.1. The van der Waals surface area contributed by atoms with Gasteiger partial charge in [-0.25, -0.2) is 4.98 Å². The van der Waals surface area contributed by atoms with Crippen LogP contribution in [0.2, 0.25) is 20.1 Å². The van der Waals surface area contributed by atoms with Gasteiger partial charge in [0.05, 0.1) is 27.4 Å². The van der Waals surface area contributed by atoms with Crippen molar-refractivity contribution in [2.24, 2.45) is 0 Å². The van der Waals surface area contributed by atoms with Gasteiger partial charge < -0.3 is 10.1 Å². The Balaban J connectivity index is 1.47. The molecule has 146 valence electrons. The Morgan fingerprint density at radius 3 is 2.61 bits per heavy atom. The third-order valence-corrected chi connectivity index (χ3v) is 5.69. The molecule has 0 fully saturated rings. The average Bonchev–Trinajstić information content (AvgIpc) is 3.11. The first-order chi connectivity index (χ1) is 13.4. The number of thiazole rings is 1. The molecule has 1 aromatic heterocycles. The number of carbonyl (C=O) groups excluding carboxylic acids is 1. The Bertz CT molecular complexity index is 994. The molecule has 28 heavy (non-hydrogen) atoms. The van der Waals surface area contributed by atoms with Gasteiger partial charge in [0, 0.05) is 22.4 Å². The first-order valence-electron chi connectivity index (χ1n) is 8.21. The van der Waals surface area contributed by atoms with Crippen LogP contribution in [0.15, 0.2) is 41.8 Å².